The Balaban J connectivity index is 1.76. The second kappa shape index (κ2) is 9.16. The molecule has 1 aliphatic heterocycles. The Bertz CT molecular complexity index is 925. The van der Waals surface area contributed by atoms with Gasteiger partial charge in [0.1, 0.15) is 11.4 Å². The molecule has 11 heteroatoms. The summed E-state index contributed by atoms with van der Waals surface area (Å²) in [5.41, 5.74) is -0.00268. The average molecular weight is 426 g/mol. The lowest BCUT2D eigenvalue weighted by atomic mass is 10.1. The Morgan fingerprint density at radius 1 is 1.27 bits per heavy atom. The maximum atomic E-state index is 12.7. The number of rotatable bonds is 7. The summed E-state index contributed by atoms with van der Waals surface area (Å²) in [6.45, 7) is 1.55. The van der Waals surface area contributed by atoms with E-state index in [0.717, 1.165) is 44.1 Å². The third kappa shape index (κ3) is 5.72. The highest BCUT2D eigenvalue weighted by molar-refractivity contribution is 5.92. The van der Waals surface area contributed by atoms with E-state index in [0.29, 0.717) is 11.5 Å². The Hall–Kier alpha value is -3.08. The van der Waals surface area contributed by atoms with Crippen LogP contribution in [0.3, 0.4) is 0 Å². The number of alkyl halides is 3. The maximum Gasteiger partial charge on any atom is 0.573 e. The third-order valence-electron chi connectivity index (χ3n) is 4.52. The van der Waals surface area contributed by atoms with E-state index in [4.69, 9.17) is 4.74 Å². The van der Waals surface area contributed by atoms with E-state index in [-0.39, 0.29) is 18.1 Å². The number of amides is 1. The number of carbonyl (C=O) groups excluding carboxylic acids is 1. The van der Waals surface area contributed by atoms with Crippen molar-refractivity contribution in [3.63, 3.8) is 0 Å². The Kier molecular flexibility index (Phi) is 6.60. The van der Waals surface area contributed by atoms with Gasteiger partial charge in [-0.15, -0.1) is 13.2 Å². The number of hydrogen-bond donors (Lipinski definition) is 2. The zero-order valence-corrected chi connectivity index (χ0v) is 16.2. The van der Waals surface area contributed by atoms with E-state index in [1.54, 1.807) is 0 Å². The highest BCUT2D eigenvalue weighted by Gasteiger charge is 2.31. The first-order valence-corrected chi connectivity index (χ1v) is 9.27. The number of H-pyrrole nitrogens is 1. The molecule has 1 saturated heterocycles. The smallest absolute Gasteiger partial charge is 0.406 e. The van der Waals surface area contributed by atoms with Crippen LogP contribution >= 0.6 is 0 Å². The lowest BCUT2D eigenvalue weighted by molar-refractivity contribution is -0.274. The summed E-state index contributed by atoms with van der Waals surface area (Å²) in [4.78, 5) is 33.4. The van der Waals surface area contributed by atoms with E-state index in [1.807, 2.05) is 4.90 Å². The van der Waals surface area contributed by atoms with Gasteiger partial charge in [-0.2, -0.15) is 0 Å². The maximum absolute atomic E-state index is 12.7. The summed E-state index contributed by atoms with van der Waals surface area (Å²) >= 11 is 0. The van der Waals surface area contributed by atoms with Crippen LogP contribution < -0.4 is 20.5 Å². The van der Waals surface area contributed by atoms with Gasteiger partial charge in [-0.25, -0.2) is 4.98 Å². The average Bonchev–Trinajstić information content (AvgIpc) is 3.21. The minimum absolute atomic E-state index is 0.0567. The van der Waals surface area contributed by atoms with E-state index >= 15 is 0 Å². The van der Waals surface area contributed by atoms with Crippen molar-refractivity contribution in [2.75, 3.05) is 31.7 Å². The van der Waals surface area contributed by atoms with Crippen molar-refractivity contribution in [3.8, 4) is 5.75 Å². The Labute approximate surface area is 170 Å². The number of nitrogens with one attached hydrogen (secondary N) is 2. The van der Waals surface area contributed by atoms with E-state index in [2.05, 4.69) is 20.0 Å². The number of nitrogens with zero attached hydrogens (tertiary/aromatic N) is 2. The number of ether oxygens (including phenoxy) is 2. The number of hydrogen-bond acceptors (Lipinski definition) is 6. The van der Waals surface area contributed by atoms with Gasteiger partial charge in [0.2, 0.25) is 5.95 Å². The number of benzene rings is 1. The molecule has 1 aromatic heterocycles. The van der Waals surface area contributed by atoms with Gasteiger partial charge in [0.15, 0.2) is 0 Å². The van der Waals surface area contributed by atoms with Gasteiger partial charge >= 0.3 is 6.36 Å². The molecule has 1 fully saturated rings. The number of anilines is 1. The third-order valence-corrected chi connectivity index (χ3v) is 4.52. The van der Waals surface area contributed by atoms with Crippen LogP contribution in [-0.4, -0.2) is 49.0 Å². The first kappa shape index (κ1) is 21.6. The van der Waals surface area contributed by atoms with Crippen LogP contribution in [-0.2, 0) is 4.74 Å². The molecular weight excluding hydrogens is 405 g/mol. The lowest BCUT2D eigenvalue weighted by Gasteiger charge is -2.20. The van der Waals surface area contributed by atoms with Crippen LogP contribution in [0.25, 0.3) is 0 Å². The molecule has 2 N–H and O–H groups in total. The second-order valence-corrected chi connectivity index (χ2v) is 6.75. The number of methoxy groups -OCH3 is 1. The molecule has 1 aromatic carbocycles. The SMILES string of the molecule is COC[C@@H](NC(=O)c1cc(=O)[nH]c(N2CCCC2)n1)c1ccc(OC(F)(F)F)cc1. The molecule has 2 heterocycles. The summed E-state index contributed by atoms with van der Waals surface area (Å²) in [6.07, 6.45) is -2.84. The van der Waals surface area contributed by atoms with Gasteiger partial charge in [-0.3, -0.25) is 14.6 Å². The van der Waals surface area contributed by atoms with Gasteiger partial charge in [0, 0.05) is 26.3 Å². The molecule has 0 unspecified atom stereocenters. The predicted octanol–water partition coefficient (Wildman–Crippen LogP) is 2.39. The van der Waals surface area contributed by atoms with Crippen molar-refractivity contribution in [1.82, 2.24) is 15.3 Å². The van der Waals surface area contributed by atoms with Gasteiger partial charge in [-0.1, -0.05) is 12.1 Å². The van der Waals surface area contributed by atoms with Crippen molar-refractivity contribution in [2.45, 2.75) is 25.2 Å². The second-order valence-electron chi connectivity index (χ2n) is 6.75. The largest absolute Gasteiger partial charge is 0.573 e. The first-order valence-electron chi connectivity index (χ1n) is 9.27. The van der Waals surface area contributed by atoms with Crippen LogP contribution in [0.1, 0.15) is 34.9 Å². The molecule has 2 aromatic rings. The van der Waals surface area contributed by atoms with Crippen LogP contribution in [0.2, 0.25) is 0 Å². The quantitative estimate of drug-likeness (QED) is 0.706. The fraction of sp³-hybridized carbons (Fsp3) is 0.421. The molecule has 0 saturated carbocycles. The molecule has 1 atom stereocenters. The van der Waals surface area contributed by atoms with Crippen molar-refractivity contribution in [2.24, 2.45) is 0 Å². The summed E-state index contributed by atoms with van der Waals surface area (Å²) in [5.74, 6) is -0.637. The molecule has 0 aliphatic carbocycles. The minimum atomic E-state index is -4.79. The van der Waals surface area contributed by atoms with Crippen molar-refractivity contribution in [1.29, 1.82) is 0 Å². The van der Waals surface area contributed by atoms with Gasteiger partial charge in [0.05, 0.1) is 12.6 Å². The summed E-state index contributed by atoms with van der Waals surface area (Å²) in [5, 5.41) is 2.70. The lowest BCUT2D eigenvalue weighted by Crippen LogP contribution is -2.33. The van der Waals surface area contributed by atoms with Crippen molar-refractivity contribution >= 4 is 11.9 Å². The highest BCUT2D eigenvalue weighted by Crippen LogP contribution is 2.24. The molecule has 1 amide bonds. The fourth-order valence-electron chi connectivity index (χ4n) is 3.16. The monoisotopic (exact) mass is 426 g/mol. The van der Waals surface area contributed by atoms with Crippen LogP contribution in [0, 0.1) is 0 Å². The molecule has 1 aliphatic rings. The Morgan fingerprint density at radius 3 is 2.53 bits per heavy atom. The van der Waals surface area contributed by atoms with Crippen LogP contribution in [0.5, 0.6) is 5.75 Å². The fourth-order valence-corrected chi connectivity index (χ4v) is 3.16. The first-order chi connectivity index (χ1) is 14.2. The molecule has 0 spiro atoms. The highest BCUT2D eigenvalue weighted by atomic mass is 19.4. The predicted molar refractivity (Wildman–Crippen MR) is 102 cm³/mol. The normalized spacial score (nSPS) is 15.1. The zero-order chi connectivity index (χ0) is 21.7. The van der Waals surface area contributed by atoms with Gasteiger partial charge in [0.25, 0.3) is 11.5 Å². The standard InChI is InChI=1S/C19H21F3N4O4/c1-29-11-15(12-4-6-13(7-5-12)30-19(20,21)22)23-17(28)14-10-16(27)25-18(24-14)26-8-2-3-9-26/h4-7,10,15H,2-3,8-9,11H2,1H3,(H,23,28)(H,24,25,27)/t15-/m1/s1. The van der Waals surface area contributed by atoms with Crippen LogP contribution in [0.15, 0.2) is 35.1 Å². The van der Waals surface area contributed by atoms with Crippen molar-refractivity contribution < 1.29 is 27.4 Å². The summed E-state index contributed by atoms with van der Waals surface area (Å²) in [7, 11) is 1.43. The van der Waals surface area contributed by atoms with Gasteiger partial charge in [-0.05, 0) is 30.5 Å². The van der Waals surface area contributed by atoms with Crippen molar-refractivity contribution in [3.05, 3.63) is 51.9 Å². The molecule has 0 radical (unpaired) electrons. The summed E-state index contributed by atoms with van der Waals surface area (Å²) in [6, 6.07) is 5.51. The minimum Gasteiger partial charge on any atom is -0.406 e. The molecular formula is C19H21F3N4O4. The van der Waals surface area contributed by atoms with Gasteiger partial charge < -0.3 is 19.7 Å². The van der Waals surface area contributed by atoms with E-state index < -0.39 is 23.9 Å². The Morgan fingerprint density at radius 2 is 1.93 bits per heavy atom. The number of halogens is 3. The van der Waals surface area contributed by atoms with Crippen LogP contribution in [0.4, 0.5) is 19.1 Å². The molecule has 8 nitrogen and oxygen atoms in total. The van der Waals surface area contributed by atoms with E-state index in [9.17, 15) is 22.8 Å². The van der Waals surface area contributed by atoms with E-state index in [1.165, 1.54) is 19.2 Å². The topological polar surface area (TPSA) is 96.5 Å². The molecule has 30 heavy (non-hydrogen) atoms. The summed E-state index contributed by atoms with van der Waals surface area (Å²) < 4.78 is 45.9. The molecule has 162 valence electrons. The number of aromatic amines is 1. The molecule has 3 rings (SSSR count). The zero-order valence-electron chi connectivity index (χ0n) is 16.2. The molecule has 0 bridgehead atoms. The number of carbonyl (C=O) groups is 1. The number of aromatic nitrogens is 2.